The van der Waals surface area contributed by atoms with E-state index < -0.39 is 10.0 Å². The minimum atomic E-state index is -3.77. The molecule has 10 nitrogen and oxygen atoms in total. The third-order valence-corrected chi connectivity index (χ3v) is 5.68. The van der Waals surface area contributed by atoms with E-state index in [9.17, 15) is 8.42 Å². The molecule has 0 amide bonds. The highest BCUT2D eigenvalue weighted by molar-refractivity contribution is 7.89. The quantitative estimate of drug-likeness (QED) is 0.300. The van der Waals surface area contributed by atoms with Crippen molar-refractivity contribution >= 4 is 33.7 Å². The molecule has 1 aliphatic carbocycles. The SMILES string of the molecule is Nc1nc(Nc2ccc(S(N)(=O)=O)cc2)nc(OCC2CCCCC2)c1/C=N/O. The van der Waals surface area contributed by atoms with E-state index in [1.54, 1.807) is 0 Å². The van der Waals surface area contributed by atoms with E-state index in [1.165, 1.54) is 43.5 Å². The Morgan fingerprint density at radius 2 is 1.90 bits per heavy atom. The van der Waals surface area contributed by atoms with Crippen LogP contribution in [0.3, 0.4) is 0 Å². The number of nitrogens with one attached hydrogen (secondary N) is 1. The van der Waals surface area contributed by atoms with Crippen molar-refractivity contribution in [1.29, 1.82) is 0 Å². The van der Waals surface area contributed by atoms with Gasteiger partial charge in [-0.1, -0.05) is 24.4 Å². The Bertz CT molecular complexity index is 973. The Morgan fingerprint density at radius 3 is 2.52 bits per heavy atom. The van der Waals surface area contributed by atoms with Crippen molar-refractivity contribution in [3.05, 3.63) is 29.8 Å². The van der Waals surface area contributed by atoms with Crippen LogP contribution < -0.4 is 20.9 Å². The Kier molecular flexibility index (Phi) is 6.49. The second kappa shape index (κ2) is 9.05. The number of anilines is 3. The summed E-state index contributed by atoms with van der Waals surface area (Å²) in [7, 11) is -3.77. The number of sulfonamides is 1. The fourth-order valence-corrected chi connectivity index (χ4v) is 3.73. The van der Waals surface area contributed by atoms with E-state index in [2.05, 4.69) is 20.4 Å². The molecule has 2 aromatic rings. The third kappa shape index (κ3) is 5.55. The molecular formula is C18H24N6O4S. The highest BCUT2D eigenvalue weighted by Gasteiger charge is 2.18. The second-order valence-electron chi connectivity index (χ2n) is 6.91. The average Bonchev–Trinajstić information content (AvgIpc) is 2.69. The normalized spacial score (nSPS) is 15.5. The highest BCUT2D eigenvalue weighted by Crippen LogP contribution is 2.27. The summed E-state index contributed by atoms with van der Waals surface area (Å²) < 4.78 is 28.6. The van der Waals surface area contributed by atoms with Crippen LogP contribution in [0.15, 0.2) is 34.3 Å². The van der Waals surface area contributed by atoms with Crippen LogP contribution in [0.4, 0.5) is 17.5 Å². The summed E-state index contributed by atoms with van der Waals surface area (Å²) in [4.78, 5) is 8.47. The summed E-state index contributed by atoms with van der Waals surface area (Å²) in [5, 5.41) is 20.0. The van der Waals surface area contributed by atoms with Gasteiger partial charge in [0.2, 0.25) is 21.9 Å². The summed E-state index contributed by atoms with van der Waals surface area (Å²) in [6.07, 6.45) is 6.96. The number of hydrogen-bond acceptors (Lipinski definition) is 9. The topological polar surface area (TPSA) is 166 Å². The number of hydrogen-bond donors (Lipinski definition) is 4. The molecule has 1 aliphatic rings. The van der Waals surface area contributed by atoms with Gasteiger partial charge in [0, 0.05) is 5.69 Å². The largest absolute Gasteiger partial charge is 0.477 e. The molecule has 1 heterocycles. The number of primary sulfonamides is 1. The monoisotopic (exact) mass is 420 g/mol. The standard InChI is InChI=1S/C18H24N6O4S/c19-16-15(10-21-25)17(28-11-12-4-2-1-3-5-12)24-18(23-16)22-13-6-8-14(9-7-13)29(20,26)27/h6-10,12,25H,1-5,11H2,(H2,20,26,27)(H3,19,22,23,24)/b21-10+. The van der Waals surface area contributed by atoms with Gasteiger partial charge in [0.05, 0.1) is 17.7 Å². The molecule has 1 aromatic carbocycles. The summed E-state index contributed by atoms with van der Waals surface area (Å²) >= 11 is 0. The van der Waals surface area contributed by atoms with Crippen molar-refractivity contribution < 1.29 is 18.4 Å². The molecule has 0 saturated heterocycles. The second-order valence-corrected chi connectivity index (χ2v) is 8.47. The van der Waals surface area contributed by atoms with E-state index in [0.717, 1.165) is 19.1 Å². The summed E-state index contributed by atoms with van der Waals surface area (Å²) in [6.45, 7) is 0.491. The molecule has 0 radical (unpaired) electrons. The van der Waals surface area contributed by atoms with E-state index in [1.807, 2.05) is 0 Å². The first-order chi connectivity index (χ1) is 13.9. The van der Waals surface area contributed by atoms with E-state index >= 15 is 0 Å². The molecular weight excluding hydrogens is 396 g/mol. The minimum Gasteiger partial charge on any atom is -0.477 e. The van der Waals surface area contributed by atoms with Gasteiger partial charge in [-0.25, -0.2) is 13.6 Å². The molecule has 11 heteroatoms. The summed E-state index contributed by atoms with van der Waals surface area (Å²) in [6, 6.07) is 5.80. The van der Waals surface area contributed by atoms with Crippen LogP contribution >= 0.6 is 0 Å². The smallest absolute Gasteiger partial charge is 0.238 e. The van der Waals surface area contributed by atoms with Crippen LogP contribution in [-0.4, -0.2) is 36.4 Å². The lowest BCUT2D eigenvalue weighted by atomic mass is 9.90. The van der Waals surface area contributed by atoms with Crippen LogP contribution in [0.1, 0.15) is 37.7 Å². The molecule has 0 aliphatic heterocycles. The first-order valence-electron chi connectivity index (χ1n) is 9.24. The molecule has 6 N–H and O–H groups in total. The maximum absolute atomic E-state index is 11.4. The molecule has 1 fully saturated rings. The van der Waals surface area contributed by atoms with E-state index in [0.29, 0.717) is 23.8 Å². The third-order valence-electron chi connectivity index (χ3n) is 4.75. The van der Waals surface area contributed by atoms with Crippen molar-refractivity contribution in [3.8, 4) is 5.88 Å². The van der Waals surface area contributed by atoms with E-state index in [4.69, 9.17) is 20.8 Å². The lowest BCUT2D eigenvalue weighted by Crippen LogP contribution is -2.17. The predicted molar refractivity (Wildman–Crippen MR) is 109 cm³/mol. The number of aromatic nitrogens is 2. The lowest BCUT2D eigenvalue weighted by molar-refractivity contribution is 0.202. The number of ether oxygens (including phenoxy) is 1. The van der Waals surface area contributed by atoms with Gasteiger partial charge in [-0.3, -0.25) is 0 Å². The lowest BCUT2D eigenvalue weighted by Gasteiger charge is -2.22. The van der Waals surface area contributed by atoms with Gasteiger partial charge in [0.25, 0.3) is 0 Å². The van der Waals surface area contributed by atoms with Crippen LogP contribution in [0.2, 0.25) is 0 Å². The Labute approximate surface area is 169 Å². The van der Waals surface area contributed by atoms with Crippen molar-refractivity contribution in [1.82, 2.24) is 9.97 Å². The first kappa shape index (κ1) is 20.8. The molecule has 0 unspecified atom stereocenters. The maximum atomic E-state index is 11.4. The predicted octanol–water partition coefficient (Wildman–Crippen LogP) is 2.22. The fourth-order valence-electron chi connectivity index (χ4n) is 3.22. The van der Waals surface area contributed by atoms with Crippen LogP contribution in [0, 0.1) is 5.92 Å². The fraction of sp³-hybridized carbons (Fsp3) is 0.389. The van der Waals surface area contributed by atoms with Gasteiger partial charge >= 0.3 is 0 Å². The molecule has 156 valence electrons. The highest BCUT2D eigenvalue weighted by atomic mass is 32.2. The van der Waals surface area contributed by atoms with Crippen LogP contribution in [0.25, 0.3) is 0 Å². The van der Waals surface area contributed by atoms with Crippen molar-refractivity contribution in [2.45, 2.75) is 37.0 Å². The zero-order valence-electron chi connectivity index (χ0n) is 15.8. The molecule has 0 bridgehead atoms. The molecule has 0 spiro atoms. The van der Waals surface area contributed by atoms with Crippen LogP contribution in [0.5, 0.6) is 5.88 Å². The summed E-state index contributed by atoms with van der Waals surface area (Å²) in [5.74, 6) is 0.908. The Hall–Kier alpha value is -2.92. The first-order valence-corrected chi connectivity index (χ1v) is 10.8. The van der Waals surface area contributed by atoms with Crippen molar-refractivity contribution in [2.75, 3.05) is 17.7 Å². The number of oxime groups is 1. The van der Waals surface area contributed by atoms with Gasteiger partial charge in [-0.05, 0) is 43.0 Å². The molecule has 1 aromatic heterocycles. The number of nitrogens with two attached hydrogens (primary N) is 2. The van der Waals surface area contributed by atoms with Gasteiger partial charge in [-0.2, -0.15) is 9.97 Å². The zero-order valence-corrected chi connectivity index (χ0v) is 16.6. The van der Waals surface area contributed by atoms with Crippen molar-refractivity contribution in [2.24, 2.45) is 16.2 Å². The molecule has 29 heavy (non-hydrogen) atoms. The Morgan fingerprint density at radius 1 is 1.21 bits per heavy atom. The molecule has 0 atom stereocenters. The zero-order chi connectivity index (χ0) is 20.9. The summed E-state index contributed by atoms with van der Waals surface area (Å²) in [5.41, 5.74) is 6.81. The van der Waals surface area contributed by atoms with E-state index in [-0.39, 0.29) is 22.5 Å². The molecule has 1 saturated carbocycles. The maximum Gasteiger partial charge on any atom is 0.238 e. The number of nitrogen functional groups attached to an aromatic ring is 1. The van der Waals surface area contributed by atoms with Gasteiger partial charge in [0.1, 0.15) is 11.4 Å². The number of nitrogens with zero attached hydrogens (tertiary/aromatic N) is 3. The average molecular weight is 420 g/mol. The Balaban J connectivity index is 1.80. The molecule has 3 rings (SSSR count). The van der Waals surface area contributed by atoms with Gasteiger partial charge in [-0.15, -0.1) is 0 Å². The minimum absolute atomic E-state index is 0.00510. The number of rotatable bonds is 7. The van der Waals surface area contributed by atoms with Gasteiger partial charge < -0.3 is 21.0 Å². The van der Waals surface area contributed by atoms with Gasteiger partial charge in [0.15, 0.2) is 0 Å². The van der Waals surface area contributed by atoms with Crippen LogP contribution in [-0.2, 0) is 10.0 Å². The van der Waals surface area contributed by atoms with Crippen molar-refractivity contribution in [3.63, 3.8) is 0 Å². The number of benzene rings is 1.